The first-order chi connectivity index (χ1) is 7.29. The van der Waals surface area contributed by atoms with Crippen LogP contribution in [0.2, 0.25) is 0 Å². The lowest BCUT2D eigenvalue weighted by atomic mass is 9.82. The molecule has 0 saturated carbocycles. The van der Waals surface area contributed by atoms with Gasteiger partial charge in [-0.3, -0.25) is 0 Å². The van der Waals surface area contributed by atoms with Gasteiger partial charge >= 0.3 is 0 Å². The summed E-state index contributed by atoms with van der Waals surface area (Å²) in [5.74, 6) is 0.564. The van der Waals surface area contributed by atoms with Gasteiger partial charge in [0.2, 0.25) is 5.95 Å². The van der Waals surface area contributed by atoms with Gasteiger partial charge in [0, 0.05) is 11.8 Å². The van der Waals surface area contributed by atoms with E-state index >= 15 is 0 Å². The molecular formula is C12H17FN2. The summed E-state index contributed by atoms with van der Waals surface area (Å²) < 4.78 is 13.5. The van der Waals surface area contributed by atoms with Crippen molar-refractivity contribution in [3.63, 3.8) is 0 Å². The van der Waals surface area contributed by atoms with E-state index in [2.05, 4.69) is 17.2 Å². The molecule has 0 aromatic carbocycles. The number of piperidine rings is 1. The molecule has 0 spiro atoms. The Balaban J connectivity index is 2.12. The standard InChI is InChI=1S/C12H17FN2/c1-9(10-4-7-14-8-5-10)11-3-2-6-15-12(11)13/h2-3,6,9-10,14H,4-5,7-8H2,1H3. The lowest BCUT2D eigenvalue weighted by molar-refractivity contribution is 0.323. The van der Waals surface area contributed by atoms with Crippen molar-refractivity contribution < 1.29 is 4.39 Å². The minimum absolute atomic E-state index is 0.279. The smallest absolute Gasteiger partial charge is 0.216 e. The summed E-state index contributed by atoms with van der Waals surface area (Å²) in [6.45, 7) is 4.21. The summed E-state index contributed by atoms with van der Waals surface area (Å²) in [5.41, 5.74) is 0.768. The minimum Gasteiger partial charge on any atom is -0.317 e. The summed E-state index contributed by atoms with van der Waals surface area (Å²) in [6.07, 6.45) is 3.78. The first-order valence-electron chi connectivity index (χ1n) is 5.60. The van der Waals surface area contributed by atoms with Crippen LogP contribution in [-0.4, -0.2) is 18.1 Å². The van der Waals surface area contributed by atoms with E-state index in [1.807, 2.05) is 12.1 Å². The Labute approximate surface area is 89.9 Å². The minimum atomic E-state index is -0.302. The van der Waals surface area contributed by atoms with E-state index in [9.17, 15) is 4.39 Å². The molecule has 1 saturated heterocycles. The van der Waals surface area contributed by atoms with Gasteiger partial charge in [-0.05, 0) is 43.8 Å². The Morgan fingerprint density at radius 2 is 2.20 bits per heavy atom. The van der Waals surface area contributed by atoms with Crippen LogP contribution in [0.15, 0.2) is 18.3 Å². The molecule has 0 amide bonds. The fourth-order valence-electron chi connectivity index (χ4n) is 2.34. The maximum Gasteiger partial charge on any atom is 0.216 e. The number of nitrogens with one attached hydrogen (secondary N) is 1. The lowest BCUT2D eigenvalue weighted by Gasteiger charge is -2.28. The normalized spacial score (nSPS) is 20.1. The van der Waals surface area contributed by atoms with Crippen LogP contribution < -0.4 is 5.32 Å². The van der Waals surface area contributed by atoms with E-state index in [1.165, 1.54) is 6.20 Å². The molecule has 3 heteroatoms. The van der Waals surface area contributed by atoms with Crippen molar-refractivity contribution >= 4 is 0 Å². The Bertz CT molecular complexity index is 321. The van der Waals surface area contributed by atoms with Gasteiger partial charge in [-0.2, -0.15) is 4.39 Å². The summed E-state index contributed by atoms with van der Waals surface area (Å²) in [5, 5.41) is 3.33. The van der Waals surface area contributed by atoms with Crippen LogP contribution in [0, 0.1) is 11.9 Å². The highest BCUT2D eigenvalue weighted by atomic mass is 19.1. The predicted molar refractivity (Wildman–Crippen MR) is 58.2 cm³/mol. The highest BCUT2D eigenvalue weighted by Gasteiger charge is 2.23. The summed E-state index contributed by atoms with van der Waals surface area (Å²) in [4.78, 5) is 3.71. The number of halogens is 1. The van der Waals surface area contributed by atoms with Gasteiger partial charge in [0.05, 0.1) is 0 Å². The lowest BCUT2D eigenvalue weighted by Crippen LogP contribution is -2.30. The molecule has 2 nitrogen and oxygen atoms in total. The van der Waals surface area contributed by atoms with Gasteiger partial charge in [-0.25, -0.2) is 4.98 Å². The van der Waals surface area contributed by atoms with Crippen LogP contribution in [0.25, 0.3) is 0 Å². The number of rotatable bonds is 2. The average Bonchev–Trinajstić information content (AvgIpc) is 2.30. The van der Waals surface area contributed by atoms with Gasteiger partial charge in [-0.1, -0.05) is 13.0 Å². The van der Waals surface area contributed by atoms with Gasteiger partial charge in [-0.15, -0.1) is 0 Å². The molecule has 0 bridgehead atoms. The van der Waals surface area contributed by atoms with E-state index in [0.717, 1.165) is 31.5 Å². The molecule has 0 aliphatic carbocycles. The highest BCUT2D eigenvalue weighted by molar-refractivity contribution is 5.16. The summed E-state index contributed by atoms with van der Waals surface area (Å²) >= 11 is 0. The maximum absolute atomic E-state index is 13.5. The van der Waals surface area contributed by atoms with Crippen molar-refractivity contribution in [2.45, 2.75) is 25.7 Å². The van der Waals surface area contributed by atoms with Crippen molar-refractivity contribution in [2.24, 2.45) is 5.92 Å². The Morgan fingerprint density at radius 1 is 1.47 bits per heavy atom. The van der Waals surface area contributed by atoms with Gasteiger partial charge in [0.1, 0.15) is 0 Å². The molecule has 1 unspecified atom stereocenters. The zero-order valence-electron chi connectivity index (χ0n) is 9.04. The van der Waals surface area contributed by atoms with Crippen molar-refractivity contribution in [3.05, 3.63) is 29.8 Å². The number of hydrogen-bond acceptors (Lipinski definition) is 2. The monoisotopic (exact) mass is 208 g/mol. The molecule has 1 N–H and O–H groups in total. The third-order valence-electron chi connectivity index (χ3n) is 3.37. The van der Waals surface area contributed by atoms with E-state index in [-0.39, 0.29) is 11.9 Å². The number of aromatic nitrogens is 1. The first kappa shape index (κ1) is 10.6. The van der Waals surface area contributed by atoms with E-state index in [0.29, 0.717) is 5.92 Å². The third kappa shape index (κ3) is 2.34. The number of nitrogens with zero attached hydrogens (tertiary/aromatic N) is 1. The average molecular weight is 208 g/mol. The highest BCUT2D eigenvalue weighted by Crippen LogP contribution is 2.31. The van der Waals surface area contributed by atoms with Crippen LogP contribution in [0.1, 0.15) is 31.2 Å². The second-order valence-electron chi connectivity index (χ2n) is 4.26. The van der Waals surface area contributed by atoms with Crippen molar-refractivity contribution in [1.29, 1.82) is 0 Å². The second-order valence-corrected chi connectivity index (χ2v) is 4.26. The van der Waals surface area contributed by atoms with Crippen LogP contribution in [0.5, 0.6) is 0 Å². The first-order valence-corrected chi connectivity index (χ1v) is 5.60. The molecule has 1 fully saturated rings. The summed E-state index contributed by atoms with van der Waals surface area (Å²) in [7, 11) is 0. The van der Waals surface area contributed by atoms with Crippen LogP contribution in [0.4, 0.5) is 4.39 Å². The third-order valence-corrected chi connectivity index (χ3v) is 3.37. The van der Waals surface area contributed by atoms with Crippen LogP contribution in [0.3, 0.4) is 0 Å². The van der Waals surface area contributed by atoms with Crippen molar-refractivity contribution in [2.75, 3.05) is 13.1 Å². The fraction of sp³-hybridized carbons (Fsp3) is 0.583. The molecule has 15 heavy (non-hydrogen) atoms. The molecule has 2 heterocycles. The Kier molecular flexibility index (Phi) is 3.31. The molecule has 1 aromatic heterocycles. The Hall–Kier alpha value is -0.960. The molecule has 1 atom stereocenters. The fourth-order valence-corrected chi connectivity index (χ4v) is 2.34. The zero-order valence-corrected chi connectivity index (χ0v) is 9.04. The molecular weight excluding hydrogens is 191 g/mol. The van der Waals surface area contributed by atoms with Crippen molar-refractivity contribution in [3.8, 4) is 0 Å². The topological polar surface area (TPSA) is 24.9 Å². The molecule has 82 valence electrons. The predicted octanol–water partition coefficient (Wildman–Crippen LogP) is 2.32. The van der Waals surface area contributed by atoms with Gasteiger partial charge < -0.3 is 5.32 Å². The molecule has 1 aromatic rings. The second kappa shape index (κ2) is 4.71. The largest absolute Gasteiger partial charge is 0.317 e. The molecule has 1 aliphatic rings. The van der Waals surface area contributed by atoms with Gasteiger partial charge in [0.25, 0.3) is 0 Å². The van der Waals surface area contributed by atoms with Gasteiger partial charge in [0.15, 0.2) is 0 Å². The van der Waals surface area contributed by atoms with Crippen molar-refractivity contribution in [1.82, 2.24) is 10.3 Å². The van der Waals surface area contributed by atoms with Crippen LogP contribution >= 0.6 is 0 Å². The SMILES string of the molecule is CC(c1cccnc1F)C1CCNCC1. The van der Waals surface area contributed by atoms with Crippen LogP contribution in [-0.2, 0) is 0 Å². The number of hydrogen-bond donors (Lipinski definition) is 1. The quantitative estimate of drug-likeness (QED) is 0.754. The number of pyridine rings is 1. The zero-order chi connectivity index (χ0) is 10.7. The van der Waals surface area contributed by atoms with E-state index in [4.69, 9.17) is 0 Å². The Morgan fingerprint density at radius 3 is 2.87 bits per heavy atom. The maximum atomic E-state index is 13.5. The molecule has 1 aliphatic heterocycles. The van der Waals surface area contributed by atoms with E-state index in [1.54, 1.807) is 0 Å². The van der Waals surface area contributed by atoms with E-state index < -0.39 is 0 Å². The molecule has 2 rings (SSSR count). The molecule has 0 radical (unpaired) electrons. The summed E-state index contributed by atoms with van der Waals surface area (Å²) in [6, 6.07) is 3.67.